The summed E-state index contributed by atoms with van der Waals surface area (Å²) in [6.07, 6.45) is 2.11. The maximum absolute atomic E-state index is 9.00. The predicted molar refractivity (Wildman–Crippen MR) is 68.4 cm³/mol. The van der Waals surface area contributed by atoms with Gasteiger partial charge in [-0.3, -0.25) is 0 Å². The van der Waals surface area contributed by atoms with Crippen LogP contribution in [-0.4, -0.2) is 17.4 Å². The first-order valence-electron chi connectivity index (χ1n) is 6.02. The first-order chi connectivity index (χ1) is 8.78. The maximum atomic E-state index is 9.00. The highest BCUT2D eigenvalue weighted by Gasteiger charge is 2.12. The summed E-state index contributed by atoms with van der Waals surface area (Å²) < 4.78 is 10.3. The molecule has 1 N–H and O–H groups in total. The van der Waals surface area contributed by atoms with Crippen LogP contribution in [0.5, 0.6) is 5.75 Å². The van der Waals surface area contributed by atoms with Crippen molar-refractivity contribution in [2.45, 2.75) is 26.4 Å². The number of ether oxygens (including phenoxy) is 1. The molecule has 0 saturated heterocycles. The van der Waals surface area contributed by atoms with Gasteiger partial charge in [0.1, 0.15) is 18.1 Å². The fourth-order valence-corrected chi connectivity index (χ4v) is 1.91. The van der Waals surface area contributed by atoms with Gasteiger partial charge in [-0.2, -0.15) is 0 Å². The predicted octanol–water partition coefficient (Wildman–Crippen LogP) is 2.80. The number of hydrogen-bond acceptors (Lipinski definition) is 4. The monoisotopic (exact) mass is 247 g/mol. The third-order valence-electron chi connectivity index (χ3n) is 2.79. The second kappa shape index (κ2) is 5.69. The molecule has 1 aromatic heterocycles. The standard InChI is InChI=1S/C14H17NO3/c1-3-4-10-5-6-14(17-2)12(7-10)13-8-11(9-16)18-15-13/h5-8,16H,3-4,9H2,1-2H3. The Labute approximate surface area is 106 Å². The molecule has 0 unspecified atom stereocenters. The van der Waals surface area contributed by atoms with Crippen LogP contribution in [0.25, 0.3) is 11.3 Å². The summed E-state index contributed by atoms with van der Waals surface area (Å²) in [5.74, 6) is 1.21. The van der Waals surface area contributed by atoms with Gasteiger partial charge in [-0.1, -0.05) is 24.6 Å². The zero-order valence-electron chi connectivity index (χ0n) is 10.6. The van der Waals surface area contributed by atoms with Crippen LogP contribution in [0.3, 0.4) is 0 Å². The molecule has 0 spiro atoms. The topological polar surface area (TPSA) is 55.5 Å². The van der Waals surface area contributed by atoms with Crippen molar-refractivity contribution in [3.63, 3.8) is 0 Å². The number of hydrogen-bond donors (Lipinski definition) is 1. The smallest absolute Gasteiger partial charge is 0.162 e. The summed E-state index contributed by atoms with van der Waals surface area (Å²) in [5, 5.41) is 13.0. The summed E-state index contributed by atoms with van der Waals surface area (Å²) in [4.78, 5) is 0. The molecule has 1 heterocycles. The number of aryl methyl sites for hydroxylation is 1. The second-order valence-corrected chi connectivity index (χ2v) is 4.12. The van der Waals surface area contributed by atoms with Crippen molar-refractivity contribution in [3.05, 3.63) is 35.6 Å². The van der Waals surface area contributed by atoms with Crippen LogP contribution in [0.2, 0.25) is 0 Å². The minimum absolute atomic E-state index is 0.149. The molecule has 0 atom stereocenters. The largest absolute Gasteiger partial charge is 0.496 e. The maximum Gasteiger partial charge on any atom is 0.162 e. The molecule has 96 valence electrons. The van der Waals surface area contributed by atoms with Crippen molar-refractivity contribution >= 4 is 0 Å². The van der Waals surface area contributed by atoms with E-state index in [1.54, 1.807) is 13.2 Å². The van der Waals surface area contributed by atoms with E-state index in [4.69, 9.17) is 14.4 Å². The van der Waals surface area contributed by atoms with E-state index in [0.717, 1.165) is 24.2 Å². The van der Waals surface area contributed by atoms with E-state index in [1.165, 1.54) is 5.56 Å². The Kier molecular flexibility index (Phi) is 3.99. The summed E-state index contributed by atoms with van der Waals surface area (Å²) in [6, 6.07) is 7.78. The SMILES string of the molecule is CCCc1ccc(OC)c(-c2cc(CO)on2)c1. The molecular formula is C14H17NO3. The van der Waals surface area contributed by atoms with Crippen LogP contribution in [0, 0.1) is 0 Å². The van der Waals surface area contributed by atoms with Crippen LogP contribution in [-0.2, 0) is 13.0 Å². The van der Waals surface area contributed by atoms with Gasteiger partial charge in [0, 0.05) is 11.6 Å². The summed E-state index contributed by atoms with van der Waals surface area (Å²) >= 11 is 0. The summed E-state index contributed by atoms with van der Waals surface area (Å²) in [6.45, 7) is 1.99. The van der Waals surface area contributed by atoms with E-state index in [-0.39, 0.29) is 6.61 Å². The molecule has 18 heavy (non-hydrogen) atoms. The highest BCUT2D eigenvalue weighted by atomic mass is 16.5. The first kappa shape index (κ1) is 12.6. The van der Waals surface area contributed by atoms with Gasteiger partial charge >= 0.3 is 0 Å². The van der Waals surface area contributed by atoms with E-state index < -0.39 is 0 Å². The van der Waals surface area contributed by atoms with E-state index in [2.05, 4.69) is 24.2 Å². The van der Waals surface area contributed by atoms with Crippen molar-refractivity contribution < 1.29 is 14.4 Å². The van der Waals surface area contributed by atoms with E-state index >= 15 is 0 Å². The molecule has 0 aliphatic carbocycles. The lowest BCUT2D eigenvalue weighted by atomic mass is 10.0. The Hall–Kier alpha value is -1.81. The van der Waals surface area contributed by atoms with Gasteiger partial charge in [0.05, 0.1) is 7.11 Å². The number of aromatic nitrogens is 1. The third-order valence-corrected chi connectivity index (χ3v) is 2.79. The third kappa shape index (κ3) is 2.54. The normalized spacial score (nSPS) is 10.6. The molecule has 1 aromatic carbocycles. The van der Waals surface area contributed by atoms with Crippen molar-refractivity contribution in [1.29, 1.82) is 0 Å². The molecule has 4 heteroatoms. The van der Waals surface area contributed by atoms with Crippen LogP contribution in [0.4, 0.5) is 0 Å². The quantitative estimate of drug-likeness (QED) is 0.882. The van der Waals surface area contributed by atoms with Gasteiger partial charge in [0.15, 0.2) is 5.76 Å². The Bertz CT molecular complexity index is 520. The number of rotatable bonds is 5. The fraction of sp³-hybridized carbons (Fsp3) is 0.357. The van der Waals surface area contributed by atoms with E-state index in [1.807, 2.05) is 6.07 Å². The van der Waals surface area contributed by atoms with Crippen LogP contribution in [0.15, 0.2) is 28.8 Å². The summed E-state index contributed by atoms with van der Waals surface area (Å²) in [7, 11) is 1.63. The van der Waals surface area contributed by atoms with E-state index in [0.29, 0.717) is 11.5 Å². The van der Waals surface area contributed by atoms with E-state index in [9.17, 15) is 0 Å². The molecular weight excluding hydrogens is 230 g/mol. The fourth-order valence-electron chi connectivity index (χ4n) is 1.91. The van der Waals surface area contributed by atoms with Gasteiger partial charge in [-0.25, -0.2) is 0 Å². The first-order valence-corrected chi connectivity index (χ1v) is 6.02. The van der Waals surface area contributed by atoms with Gasteiger partial charge in [0.2, 0.25) is 0 Å². The average molecular weight is 247 g/mol. The van der Waals surface area contributed by atoms with Gasteiger partial charge < -0.3 is 14.4 Å². The molecule has 0 aliphatic rings. The van der Waals surface area contributed by atoms with Crippen molar-refractivity contribution in [2.24, 2.45) is 0 Å². The lowest BCUT2D eigenvalue weighted by molar-refractivity contribution is 0.229. The zero-order chi connectivity index (χ0) is 13.0. The highest BCUT2D eigenvalue weighted by Crippen LogP contribution is 2.30. The lowest BCUT2D eigenvalue weighted by Crippen LogP contribution is -1.91. The van der Waals surface area contributed by atoms with Gasteiger partial charge in [-0.05, 0) is 24.1 Å². The highest BCUT2D eigenvalue weighted by molar-refractivity contribution is 5.68. The molecule has 0 aliphatic heterocycles. The number of nitrogens with zero attached hydrogens (tertiary/aromatic N) is 1. The Morgan fingerprint density at radius 3 is 2.78 bits per heavy atom. The minimum atomic E-state index is -0.149. The molecule has 0 saturated carbocycles. The van der Waals surface area contributed by atoms with Crippen LogP contribution >= 0.6 is 0 Å². The van der Waals surface area contributed by atoms with Crippen LogP contribution in [0.1, 0.15) is 24.7 Å². The lowest BCUT2D eigenvalue weighted by Gasteiger charge is -2.08. The van der Waals surface area contributed by atoms with Crippen molar-refractivity contribution in [1.82, 2.24) is 5.16 Å². The van der Waals surface area contributed by atoms with Crippen molar-refractivity contribution in [2.75, 3.05) is 7.11 Å². The van der Waals surface area contributed by atoms with Gasteiger partial charge in [0.25, 0.3) is 0 Å². The Morgan fingerprint density at radius 2 is 2.17 bits per heavy atom. The second-order valence-electron chi connectivity index (χ2n) is 4.12. The Morgan fingerprint density at radius 1 is 1.33 bits per heavy atom. The number of methoxy groups -OCH3 is 1. The number of aliphatic hydroxyl groups is 1. The molecule has 2 aromatic rings. The average Bonchev–Trinajstić information content (AvgIpc) is 2.87. The molecule has 0 radical (unpaired) electrons. The van der Waals surface area contributed by atoms with Crippen LogP contribution < -0.4 is 4.74 Å². The minimum Gasteiger partial charge on any atom is -0.496 e. The molecule has 2 rings (SSSR count). The molecule has 4 nitrogen and oxygen atoms in total. The number of benzene rings is 1. The zero-order valence-corrected chi connectivity index (χ0v) is 10.6. The molecule has 0 amide bonds. The Balaban J connectivity index is 2.42. The molecule has 0 fully saturated rings. The summed E-state index contributed by atoms with van der Waals surface area (Å²) in [5.41, 5.74) is 2.82. The van der Waals surface area contributed by atoms with Gasteiger partial charge in [-0.15, -0.1) is 0 Å². The number of aliphatic hydroxyl groups excluding tert-OH is 1. The molecule has 0 bridgehead atoms. The van der Waals surface area contributed by atoms with Crippen molar-refractivity contribution in [3.8, 4) is 17.0 Å².